The number of alkyl halides is 3. The number of carbonyl (C=O) groups excluding carboxylic acids is 1. The third-order valence-corrected chi connectivity index (χ3v) is 5.49. The number of anilines is 1. The molecule has 5 nitrogen and oxygen atoms in total. The Kier molecular flexibility index (Phi) is 4.84. The molecule has 3 aromatic rings. The highest BCUT2D eigenvalue weighted by Gasteiger charge is 2.31. The van der Waals surface area contributed by atoms with Crippen molar-refractivity contribution in [1.29, 1.82) is 0 Å². The number of carbonyl (C=O) groups is 1. The van der Waals surface area contributed by atoms with Crippen molar-refractivity contribution in [1.82, 2.24) is 9.55 Å². The van der Waals surface area contributed by atoms with E-state index in [1.54, 1.807) is 6.20 Å². The molecule has 4 rings (SSSR count). The number of hydrogen-bond donors (Lipinski definition) is 1. The number of aromatic nitrogens is 2. The minimum atomic E-state index is -4.72. The highest BCUT2D eigenvalue weighted by Crippen LogP contribution is 2.32. The second-order valence-electron chi connectivity index (χ2n) is 6.41. The number of fused-ring (bicyclic) bond motifs is 1. The molecule has 0 spiro atoms. The van der Waals surface area contributed by atoms with Crippen LogP contribution in [-0.2, 0) is 11.2 Å². The first-order valence-corrected chi connectivity index (χ1v) is 9.49. The maximum absolute atomic E-state index is 12.7. The average Bonchev–Trinajstić information content (AvgIpc) is 3.30. The lowest BCUT2D eigenvalue weighted by molar-refractivity contribution is -0.274. The van der Waals surface area contributed by atoms with Crippen LogP contribution in [0.5, 0.6) is 5.75 Å². The van der Waals surface area contributed by atoms with Crippen molar-refractivity contribution in [2.75, 3.05) is 5.32 Å². The summed E-state index contributed by atoms with van der Waals surface area (Å²) in [6, 6.07) is 9.24. The van der Waals surface area contributed by atoms with E-state index >= 15 is 0 Å². The minimum Gasteiger partial charge on any atom is -0.406 e. The molecule has 0 saturated heterocycles. The molecule has 0 radical (unpaired) electrons. The summed E-state index contributed by atoms with van der Waals surface area (Å²) < 4.78 is 42.6. The maximum atomic E-state index is 12.7. The molecule has 2 aromatic heterocycles. The fourth-order valence-corrected chi connectivity index (χ4v) is 4.12. The molecule has 0 bridgehead atoms. The summed E-state index contributed by atoms with van der Waals surface area (Å²) in [5.41, 5.74) is 1.84. The van der Waals surface area contributed by atoms with E-state index in [9.17, 15) is 18.0 Å². The summed E-state index contributed by atoms with van der Waals surface area (Å²) in [7, 11) is 0. The zero-order chi connectivity index (χ0) is 19.7. The van der Waals surface area contributed by atoms with Crippen LogP contribution in [0, 0.1) is 0 Å². The summed E-state index contributed by atoms with van der Waals surface area (Å²) in [6.07, 6.45) is 1.47. The molecule has 3 heterocycles. The van der Waals surface area contributed by atoms with Crippen LogP contribution in [0.25, 0.3) is 10.4 Å². The molecule has 1 aliphatic rings. The molecular weight excluding hydrogens is 391 g/mol. The Morgan fingerprint density at radius 1 is 1.25 bits per heavy atom. The number of nitrogens with zero attached hydrogens (tertiary/aromatic N) is 2. The van der Waals surface area contributed by atoms with Gasteiger partial charge in [0.1, 0.15) is 11.8 Å². The van der Waals surface area contributed by atoms with Gasteiger partial charge in [-0.2, -0.15) is 0 Å². The molecule has 1 N–H and O–H groups in total. The van der Waals surface area contributed by atoms with Crippen LogP contribution in [0.15, 0.2) is 48.8 Å². The summed E-state index contributed by atoms with van der Waals surface area (Å²) in [5.74, 6) is -0.402. The van der Waals surface area contributed by atoms with Gasteiger partial charge in [0.15, 0.2) is 5.13 Å². The number of halogens is 3. The quantitative estimate of drug-likeness (QED) is 0.660. The summed E-state index contributed by atoms with van der Waals surface area (Å²) in [6.45, 7) is 0. The highest BCUT2D eigenvalue weighted by atomic mass is 32.1. The average molecular weight is 407 g/mol. The van der Waals surface area contributed by atoms with Crippen molar-refractivity contribution in [3.63, 3.8) is 0 Å². The number of hydrogen-bond acceptors (Lipinski definition) is 4. The molecule has 9 heteroatoms. The van der Waals surface area contributed by atoms with Crippen LogP contribution in [0.3, 0.4) is 0 Å². The molecule has 1 amide bonds. The van der Waals surface area contributed by atoms with Gasteiger partial charge in [-0.15, -0.1) is 13.2 Å². The van der Waals surface area contributed by atoms with Crippen molar-refractivity contribution in [3.8, 4) is 16.2 Å². The number of benzene rings is 1. The van der Waals surface area contributed by atoms with Crippen molar-refractivity contribution >= 4 is 22.4 Å². The van der Waals surface area contributed by atoms with Gasteiger partial charge in [-0.1, -0.05) is 11.3 Å². The zero-order valence-electron chi connectivity index (χ0n) is 14.6. The number of ether oxygens (including phenoxy) is 1. The molecule has 1 atom stereocenters. The molecule has 1 aliphatic heterocycles. The molecule has 28 heavy (non-hydrogen) atoms. The fraction of sp³-hybridized carbons (Fsp3) is 0.263. The van der Waals surface area contributed by atoms with E-state index in [1.165, 1.54) is 35.6 Å². The van der Waals surface area contributed by atoms with E-state index in [0.29, 0.717) is 10.7 Å². The number of nitrogens with one attached hydrogen (secondary N) is 1. The Hall–Kier alpha value is -2.81. The molecule has 0 fully saturated rings. The first kappa shape index (κ1) is 18.5. The third kappa shape index (κ3) is 4.04. The number of rotatable bonds is 4. The summed E-state index contributed by atoms with van der Waals surface area (Å²) in [4.78, 5) is 17.6. The van der Waals surface area contributed by atoms with Crippen LogP contribution >= 0.6 is 11.3 Å². The van der Waals surface area contributed by atoms with Crippen LogP contribution in [0.4, 0.5) is 18.3 Å². The molecule has 0 saturated carbocycles. The maximum Gasteiger partial charge on any atom is 0.573 e. The van der Waals surface area contributed by atoms with E-state index in [0.717, 1.165) is 29.8 Å². The molecule has 1 aromatic carbocycles. The van der Waals surface area contributed by atoms with Crippen LogP contribution in [0.1, 0.15) is 24.6 Å². The molecule has 0 aliphatic carbocycles. The van der Waals surface area contributed by atoms with Crippen molar-refractivity contribution in [3.05, 3.63) is 54.5 Å². The second kappa shape index (κ2) is 7.31. The van der Waals surface area contributed by atoms with Gasteiger partial charge >= 0.3 is 6.36 Å². The number of aryl methyl sites for hydroxylation is 1. The van der Waals surface area contributed by atoms with Gasteiger partial charge in [-0.05, 0) is 61.2 Å². The molecule has 1 unspecified atom stereocenters. The largest absolute Gasteiger partial charge is 0.573 e. The fourth-order valence-electron chi connectivity index (χ4n) is 3.29. The van der Waals surface area contributed by atoms with Crippen molar-refractivity contribution < 1.29 is 22.7 Å². The minimum absolute atomic E-state index is 0.119. The van der Waals surface area contributed by atoms with E-state index in [4.69, 9.17) is 0 Å². The molecule has 146 valence electrons. The summed E-state index contributed by atoms with van der Waals surface area (Å²) in [5, 5.41) is 3.30. The summed E-state index contributed by atoms with van der Waals surface area (Å²) >= 11 is 1.27. The monoisotopic (exact) mass is 407 g/mol. The lowest BCUT2D eigenvalue weighted by Gasteiger charge is -2.24. The first-order chi connectivity index (χ1) is 13.4. The standard InChI is InChI=1S/C19H16F3N3O2S/c20-19(21,22)27-14-8-6-12(7-9-14)16-11-23-18(28-16)24-17(26)15-5-1-3-13-4-2-10-25(13)15/h2,4,6-11,15H,1,3,5H2,(H,23,24,26). The first-order valence-electron chi connectivity index (χ1n) is 8.68. The Morgan fingerprint density at radius 3 is 2.79 bits per heavy atom. The van der Waals surface area contributed by atoms with Crippen LogP contribution in [0.2, 0.25) is 0 Å². The van der Waals surface area contributed by atoms with Gasteiger partial charge in [0, 0.05) is 18.1 Å². The Balaban J connectivity index is 1.44. The third-order valence-electron chi connectivity index (χ3n) is 4.52. The van der Waals surface area contributed by atoms with E-state index < -0.39 is 6.36 Å². The second-order valence-corrected chi connectivity index (χ2v) is 7.44. The van der Waals surface area contributed by atoms with E-state index in [-0.39, 0.29) is 17.7 Å². The van der Waals surface area contributed by atoms with E-state index in [2.05, 4.69) is 15.0 Å². The van der Waals surface area contributed by atoms with Crippen LogP contribution in [-0.4, -0.2) is 21.8 Å². The smallest absolute Gasteiger partial charge is 0.406 e. The van der Waals surface area contributed by atoms with Gasteiger partial charge in [0.05, 0.1) is 4.88 Å². The lowest BCUT2D eigenvalue weighted by Crippen LogP contribution is -2.29. The topological polar surface area (TPSA) is 56.1 Å². The Labute approximate surface area is 162 Å². The Morgan fingerprint density at radius 2 is 2.04 bits per heavy atom. The van der Waals surface area contributed by atoms with E-state index in [1.807, 2.05) is 22.9 Å². The van der Waals surface area contributed by atoms with Gasteiger partial charge in [0.2, 0.25) is 5.91 Å². The van der Waals surface area contributed by atoms with Gasteiger partial charge in [-0.25, -0.2) is 4.98 Å². The SMILES string of the molecule is O=C(Nc1ncc(-c2ccc(OC(F)(F)F)cc2)s1)C1CCCc2cccn21. The van der Waals surface area contributed by atoms with Crippen molar-refractivity contribution in [2.45, 2.75) is 31.7 Å². The van der Waals surface area contributed by atoms with Crippen LogP contribution < -0.4 is 10.1 Å². The predicted octanol–water partition coefficient (Wildman–Crippen LogP) is 5.03. The van der Waals surface area contributed by atoms with Crippen molar-refractivity contribution in [2.24, 2.45) is 0 Å². The highest BCUT2D eigenvalue weighted by molar-refractivity contribution is 7.19. The Bertz CT molecular complexity index is 979. The molecular formula is C19H16F3N3O2S. The zero-order valence-corrected chi connectivity index (χ0v) is 15.4. The van der Waals surface area contributed by atoms with Gasteiger partial charge in [0.25, 0.3) is 0 Å². The number of amides is 1. The van der Waals surface area contributed by atoms with Gasteiger partial charge in [-0.3, -0.25) is 4.79 Å². The van der Waals surface area contributed by atoms with Gasteiger partial charge < -0.3 is 14.6 Å². The predicted molar refractivity (Wildman–Crippen MR) is 99.3 cm³/mol. The normalized spacial score (nSPS) is 16.5. The number of thiazole rings is 1. The lowest BCUT2D eigenvalue weighted by atomic mass is 10.0.